The summed E-state index contributed by atoms with van der Waals surface area (Å²) in [5.74, 6) is -3.01. The number of nitrogens with one attached hydrogen (secondary N) is 1. The molecule has 4 bridgehead atoms. The Bertz CT molecular complexity index is 2320. The van der Waals surface area contributed by atoms with Crippen LogP contribution >= 0.6 is 11.8 Å². The first-order valence-electron chi connectivity index (χ1n) is 17.0. The van der Waals surface area contributed by atoms with Crippen molar-refractivity contribution in [3.8, 4) is 11.4 Å². The first kappa shape index (κ1) is 37.4. The van der Waals surface area contributed by atoms with E-state index < -0.39 is 38.1 Å². The van der Waals surface area contributed by atoms with Crippen molar-refractivity contribution in [3.05, 3.63) is 100 Å². The Kier molecular flexibility index (Phi) is 10.2. The van der Waals surface area contributed by atoms with Crippen molar-refractivity contribution in [2.75, 3.05) is 12.9 Å². The summed E-state index contributed by atoms with van der Waals surface area (Å²) in [7, 11) is -0.788. The number of sulfone groups is 1. The van der Waals surface area contributed by atoms with Gasteiger partial charge in [0.1, 0.15) is 5.82 Å². The third-order valence-corrected chi connectivity index (χ3v) is 12.6. The minimum Gasteiger partial charge on any atom is -0.469 e. The molecule has 0 saturated heterocycles. The van der Waals surface area contributed by atoms with Crippen LogP contribution < -0.4 is 0 Å². The number of benzene rings is 3. The topological polar surface area (TPSA) is 107 Å². The van der Waals surface area contributed by atoms with Gasteiger partial charge in [-0.3, -0.25) is 4.79 Å². The predicted molar refractivity (Wildman–Crippen MR) is 197 cm³/mol. The third kappa shape index (κ3) is 7.43. The summed E-state index contributed by atoms with van der Waals surface area (Å²) in [4.78, 5) is 20.1. The monoisotopic (exact) mass is 750 g/mol. The van der Waals surface area contributed by atoms with Crippen LogP contribution in [0.25, 0.3) is 28.4 Å². The highest BCUT2D eigenvalue weighted by Gasteiger charge is 2.36. The number of ether oxygens (including phenoxy) is 1. The van der Waals surface area contributed by atoms with Crippen molar-refractivity contribution < 1.29 is 31.1 Å². The number of nitrogens with zero attached hydrogens (tertiary/aromatic N) is 3. The van der Waals surface area contributed by atoms with Gasteiger partial charge in [0, 0.05) is 34.5 Å². The van der Waals surface area contributed by atoms with Crippen LogP contribution in [0.3, 0.4) is 0 Å². The van der Waals surface area contributed by atoms with Crippen molar-refractivity contribution in [3.63, 3.8) is 0 Å². The van der Waals surface area contributed by atoms with Crippen LogP contribution in [0.2, 0.25) is 0 Å². The second-order valence-corrected chi connectivity index (χ2v) is 17.5. The zero-order valence-corrected chi connectivity index (χ0v) is 31.5. The highest BCUT2D eigenvalue weighted by atomic mass is 32.2. The van der Waals surface area contributed by atoms with E-state index in [4.69, 9.17) is 14.8 Å². The van der Waals surface area contributed by atoms with Crippen LogP contribution in [0.15, 0.2) is 69.9 Å². The van der Waals surface area contributed by atoms with Crippen LogP contribution in [0.4, 0.5) is 13.2 Å². The number of halogens is 3. The molecule has 0 aliphatic carbocycles. The molecular formula is C39H41F3N4O4S2. The van der Waals surface area contributed by atoms with E-state index in [0.717, 1.165) is 28.3 Å². The maximum absolute atomic E-state index is 15.8. The zero-order valence-electron chi connectivity index (χ0n) is 29.9. The van der Waals surface area contributed by atoms with Gasteiger partial charge in [0.25, 0.3) is 0 Å². The number of rotatable bonds is 4. The van der Waals surface area contributed by atoms with Crippen molar-refractivity contribution in [1.29, 1.82) is 0 Å². The summed E-state index contributed by atoms with van der Waals surface area (Å²) < 4.78 is 80.4. The van der Waals surface area contributed by atoms with Gasteiger partial charge < -0.3 is 9.72 Å². The van der Waals surface area contributed by atoms with Gasteiger partial charge in [-0.25, -0.2) is 31.3 Å². The lowest BCUT2D eigenvalue weighted by atomic mass is 9.75. The molecule has 6 rings (SSSR count). The number of fused-ring (bicyclic) bond motifs is 8. The third-order valence-electron chi connectivity index (χ3n) is 9.82. The van der Waals surface area contributed by atoms with E-state index in [2.05, 4.69) is 4.98 Å². The van der Waals surface area contributed by atoms with E-state index in [9.17, 15) is 13.2 Å². The lowest BCUT2D eigenvalue weighted by Gasteiger charge is -2.30. The second kappa shape index (κ2) is 14.2. The fourth-order valence-corrected chi connectivity index (χ4v) is 9.71. The Balaban J connectivity index is 1.52. The van der Waals surface area contributed by atoms with E-state index in [1.165, 1.54) is 42.3 Å². The Morgan fingerprint density at radius 1 is 1.08 bits per heavy atom. The first-order chi connectivity index (χ1) is 24.5. The number of hydrogen-bond acceptors (Lipinski definition) is 7. The van der Waals surface area contributed by atoms with E-state index in [-0.39, 0.29) is 45.0 Å². The molecule has 2 aromatic heterocycles. The highest BCUT2D eigenvalue weighted by Crippen LogP contribution is 2.42. The van der Waals surface area contributed by atoms with Gasteiger partial charge in [0.15, 0.2) is 33.1 Å². The molecule has 3 aromatic carbocycles. The number of aryl methyl sites for hydroxylation is 1. The molecule has 0 fully saturated rings. The Hall–Kier alpha value is -4.36. The van der Waals surface area contributed by atoms with Gasteiger partial charge in [-0.2, -0.15) is 5.10 Å². The summed E-state index contributed by atoms with van der Waals surface area (Å²) in [6.07, 6.45) is 4.89. The molecule has 1 N–H and O–H groups in total. The molecule has 2 atom stereocenters. The van der Waals surface area contributed by atoms with Gasteiger partial charge >= 0.3 is 5.97 Å². The standard InChI is InChI=1S/C39H41F3N4O4S2/c1-23(36(47)50-6)19-24-9-7-10-25(20-24)39(4)16-8-15-38(2,3)22-52(48,49)18-14-28-27-13-17-43-33(27)31(41)32(42)34(28)51-26-11-12-30(40)29(21-26)35-44-37(39)45-46(35)5/h7,9-14,17-18,20-21,23,43H,8,15-16,19,22H2,1-6H3/b18-14-/t23-,39+/m0/s1. The van der Waals surface area contributed by atoms with Crippen molar-refractivity contribution >= 4 is 44.5 Å². The minimum absolute atomic E-state index is 0.0839. The number of aromatic amines is 1. The number of hydrogen-bond donors (Lipinski definition) is 1. The molecule has 1 aliphatic rings. The SMILES string of the molecule is COC(=O)[C@@H](C)Cc1cccc([C@@]2(C)CCCC(C)(C)CS(=O)(=O)/C=C\c3c(c(F)c(F)c4[nH]ccc34)Sc3ccc(F)c(c3)-c3nc2nn3C)c1. The van der Waals surface area contributed by atoms with E-state index in [0.29, 0.717) is 41.8 Å². The van der Waals surface area contributed by atoms with Crippen LogP contribution in [0.5, 0.6) is 0 Å². The van der Waals surface area contributed by atoms with E-state index in [1.54, 1.807) is 20.0 Å². The maximum atomic E-state index is 15.8. The number of H-pyrrole nitrogens is 1. The van der Waals surface area contributed by atoms with E-state index >= 15 is 13.2 Å². The van der Waals surface area contributed by atoms with Crippen LogP contribution in [-0.4, -0.2) is 47.0 Å². The first-order valence-corrected chi connectivity index (χ1v) is 19.5. The van der Waals surface area contributed by atoms with Crippen LogP contribution in [-0.2, 0) is 38.3 Å². The summed E-state index contributed by atoms with van der Waals surface area (Å²) >= 11 is 0.863. The maximum Gasteiger partial charge on any atom is 0.308 e. The lowest BCUT2D eigenvalue weighted by Crippen LogP contribution is -2.28. The Labute approximate surface area is 305 Å². The summed E-state index contributed by atoms with van der Waals surface area (Å²) in [5.41, 5.74) is 0.558. The van der Waals surface area contributed by atoms with Crippen molar-refractivity contribution in [2.24, 2.45) is 18.4 Å². The molecule has 0 spiro atoms. The molecule has 8 nitrogen and oxygen atoms in total. The molecule has 13 heteroatoms. The smallest absolute Gasteiger partial charge is 0.308 e. The molecule has 3 heterocycles. The average Bonchev–Trinajstić information content (AvgIpc) is 3.74. The molecule has 5 aromatic rings. The molecule has 274 valence electrons. The zero-order chi connectivity index (χ0) is 37.6. The number of esters is 1. The van der Waals surface area contributed by atoms with Gasteiger partial charge in [-0.05, 0) is 73.1 Å². The fourth-order valence-electron chi connectivity index (χ4n) is 7.02. The largest absolute Gasteiger partial charge is 0.469 e. The Morgan fingerprint density at radius 2 is 1.85 bits per heavy atom. The average molecular weight is 751 g/mol. The van der Waals surface area contributed by atoms with Crippen LogP contribution in [0, 0.1) is 28.8 Å². The van der Waals surface area contributed by atoms with Crippen LogP contribution in [0.1, 0.15) is 69.5 Å². The normalized spacial score (nSPS) is 20.0. The molecule has 0 radical (unpaired) electrons. The summed E-state index contributed by atoms with van der Waals surface area (Å²) in [5, 5.41) is 6.19. The van der Waals surface area contributed by atoms with Gasteiger partial charge in [-0.1, -0.05) is 63.2 Å². The number of aromatic nitrogens is 4. The number of carbonyl (C=O) groups is 1. The van der Waals surface area contributed by atoms with Gasteiger partial charge in [0.2, 0.25) is 0 Å². The van der Waals surface area contributed by atoms with Crippen molar-refractivity contribution in [2.45, 2.75) is 68.6 Å². The summed E-state index contributed by atoms with van der Waals surface area (Å²) in [6.45, 7) is 7.59. The molecule has 52 heavy (non-hydrogen) atoms. The number of methoxy groups -OCH3 is 1. The molecule has 1 aliphatic heterocycles. The number of carbonyl (C=O) groups excluding carboxylic acids is 1. The highest BCUT2D eigenvalue weighted by molar-refractivity contribution is 7.99. The predicted octanol–water partition coefficient (Wildman–Crippen LogP) is 8.79. The molecule has 0 saturated carbocycles. The molecule has 0 amide bonds. The van der Waals surface area contributed by atoms with Gasteiger partial charge in [0.05, 0.1) is 40.2 Å². The quantitative estimate of drug-likeness (QED) is 0.183. The van der Waals surface area contributed by atoms with E-state index in [1.807, 2.05) is 45.0 Å². The van der Waals surface area contributed by atoms with Crippen molar-refractivity contribution in [1.82, 2.24) is 19.7 Å². The molecule has 0 unspecified atom stereocenters. The fraction of sp³-hybridized carbons (Fsp3) is 0.359. The summed E-state index contributed by atoms with van der Waals surface area (Å²) in [6, 6.07) is 13.6. The lowest BCUT2D eigenvalue weighted by molar-refractivity contribution is -0.144. The molecular weight excluding hydrogens is 710 g/mol. The minimum atomic E-state index is -3.82. The second-order valence-electron chi connectivity index (χ2n) is 14.6. The van der Waals surface area contributed by atoms with Gasteiger partial charge in [-0.15, -0.1) is 0 Å². The Morgan fingerprint density at radius 3 is 2.60 bits per heavy atom.